The summed E-state index contributed by atoms with van der Waals surface area (Å²) in [5.74, 6) is -1.41. The van der Waals surface area contributed by atoms with Gasteiger partial charge in [0.05, 0.1) is 6.04 Å². The Labute approximate surface area is 94.4 Å². The molecule has 0 radical (unpaired) electrons. The van der Waals surface area contributed by atoms with Crippen LogP contribution in [0.15, 0.2) is 22.7 Å². The maximum absolute atomic E-state index is 11.4. The molecule has 1 aromatic carbocycles. The van der Waals surface area contributed by atoms with Crippen molar-refractivity contribution in [2.45, 2.75) is 12.5 Å². The van der Waals surface area contributed by atoms with Crippen LogP contribution >= 0.6 is 15.9 Å². The molecule has 78 valence electrons. The molecule has 0 spiro atoms. The lowest BCUT2D eigenvalue weighted by atomic mass is 10.0. The first-order chi connectivity index (χ1) is 7.08. The fourth-order valence-electron chi connectivity index (χ4n) is 1.67. The van der Waals surface area contributed by atoms with E-state index in [-0.39, 0.29) is 12.3 Å². The minimum absolute atomic E-state index is 0.199. The van der Waals surface area contributed by atoms with Crippen molar-refractivity contribution >= 4 is 27.8 Å². The van der Waals surface area contributed by atoms with Crippen molar-refractivity contribution in [1.82, 2.24) is 5.32 Å². The molecule has 2 rings (SSSR count). The van der Waals surface area contributed by atoms with Crippen molar-refractivity contribution in [1.29, 1.82) is 0 Å². The summed E-state index contributed by atoms with van der Waals surface area (Å²) in [5, 5.41) is 13.1. The number of carbonyl (C=O) groups excluding carboxylic acids is 2. The van der Waals surface area contributed by atoms with Gasteiger partial charge in [0.2, 0.25) is 0 Å². The predicted molar refractivity (Wildman–Crippen MR) is 54.0 cm³/mol. The van der Waals surface area contributed by atoms with Crippen LogP contribution in [-0.2, 0) is 4.79 Å². The highest BCUT2D eigenvalue weighted by atomic mass is 79.9. The fourth-order valence-corrected chi connectivity index (χ4v) is 2.05. The molecule has 1 aromatic rings. The number of carbonyl (C=O) groups is 2. The predicted octanol–water partition coefficient (Wildman–Crippen LogP) is 0.374. The topological polar surface area (TPSA) is 69.2 Å². The third kappa shape index (κ3) is 1.87. The molecule has 1 heterocycles. The van der Waals surface area contributed by atoms with Crippen LogP contribution < -0.4 is 10.4 Å². The molecule has 0 saturated heterocycles. The van der Waals surface area contributed by atoms with Crippen molar-refractivity contribution in [2.24, 2.45) is 0 Å². The van der Waals surface area contributed by atoms with Crippen molar-refractivity contribution in [2.75, 3.05) is 0 Å². The first-order valence-corrected chi connectivity index (χ1v) is 5.17. The average Bonchev–Trinajstić information content (AvgIpc) is 2.42. The average molecular weight is 269 g/mol. The zero-order valence-electron chi connectivity index (χ0n) is 7.62. The van der Waals surface area contributed by atoms with E-state index in [0.717, 1.165) is 4.47 Å². The Hall–Kier alpha value is -1.36. The minimum Gasteiger partial charge on any atom is -0.550 e. The Balaban J connectivity index is 2.39. The van der Waals surface area contributed by atoms with Gasteiger partial charge in [-0.2, -0.15) is 0 Å². The van der Waals surface area contributed by atoms with Gasteiger partial charge in [-0.25, -0.2) is 0 Å². The standard InChI is InChI=1S/C10H8BrNO3/c11-5-1-2-6-7(3-5)8(4-9(13)14)12-10(6)15/h1-3,8H,4H2,(H,12,15)(H,13,14)/p-1/t8-/m0/s1. The van der Waals surface area contributed by atoms with Gasteiger partial charge in [0.15, 0.2) is 0 Å². The van der Waals surface area contributed by atoms with Crippen LogP contribution in [-0.4, -0.2) is 11.9 Å². The lowest BCUT2D eigenvalue weighted by Gasteiger charge is -2.11. The lowest BCUT2D eigenvalue weighted by Crippen LogP contribution is -2.29. The molecule has 0 fully saturated rings. The summed E-state index contributed by atoms with van der Waals surface area (Å²) >= 11 is 3.28. The molecule has 4 nitrogen and oxygen atoms in total. The van der Waals surface area contributed by atoms with E-state index < -0.39 is 12.0 Å². The summed E-state index contributed by atoms with van der Waals surface area (Å²) in [6, 6.07) is 4.69. The smallest absolute Gasteiger partial charge is 0.252 e. The number of fused-ring (bicyclic) bond motifs is 1. The molecule has 1 N–H and O–H groups in total. The molecule has 15 heavy (non-hydrogen) atoms. The summed E-state index contributed by atoms with van der Waals surface area (Å²) in [4.78, 5) is 21.9. The van der Waals surface area contributed by atoms with E-state index in [1.54, 1.807) is 18.2 Å². The van der Waals surface area contributed by atoms with E-state index >= 15 is 0 Å². The molecule has 1 aliphatic rings. The Morgan fingerprint density at radius 2 is 2.27 bits per heavy atom. The molecule has 0 saturated carbocycles. The van der Waals surface area contributed by atoms with Crippen LogP contribution in [0.1, 0.15) is 28.4 Å². The second-order valence-electron chi connectivity index (χ2n) is 3.33. The molecule has 1 aliphatic heterocycles. The number of rotatable bonds is 2. The van der Waals surface area contributed by atoms with Gasteiger partial charge < -0.3 is 15.2 Å². The normalized spacial score (nSPS) is 18.5. The fraction of sp³-hybridized carbons (Fsp3) is 0.200. The van der Waals surface area contributed by atoms with Crippen LogP contribution in [0.25, 0.3) is 0 Å². The van der Waals surface area contributed by atoms with Crippen molar-refractivity contribution in [3.8, 4) is 0 Å². The number of benzene rings is 1. The van der Waals surface area contributed by atoms with Gasteiger partial charge >= 0.3 is 0 Å². The quantitative estimate of drug-likeness (QED) is 0.843. The van der Waals surface area contributed by atoms with Crippen molar-refractivity contribution in [3.05, 3.63) is 33.8 Å². The second-order valence-corrected chi connectivity index (χ2v) is 4.25. The van der Waals surface area contributed by atoms with Gasteiger partial charge in [-0.15, -0.1) is 0 Å². The Morgan fingerprint density at radius 1 is 1.53 bits per heavy atom. The van der Waals surface area contributed by atoms with Crippen LogP contribution in [0, 0.1) is 0 Å². The van der Waals surface area contributed by atoms with E-state index in [1.807, 2.05) is 0 Å². The van der Waals surface area contributed by atoms with Crippen LogP contribution in [0.2, 0.25) is 0 Å². The highest BCUT2D eigenvalue weighted by Gasteiger charge is 2.28. The molecular formula is C10H7BrNO3-. The highest BCUT2D eigenvalue weighted by Crippen LogP contribution is 2.29. The molecule has 0 aromatic heterocycles. The number of hydrogen-bond donors (Lipinski definition) is 1. The molecular weight excluding hydrogens is 262 g/mol. The van der Waals surface area contributed by atoms with Gasteiger partial charge in [0.25, 0.3) is 5.91 Å². The van der Waals surface area contributed by atoms with Crippen molar-refractivity contribution in [3.63, 3.8) is 0 Å². The third-order valence-electron chi connectivity index (χ3n) is 2.31. The SMILES string of the molecule is O=C([O-])C[C@@H]1NC(=O)c2ccc(Br)cc21. The number of halogens is 1. The van der Waals surface area contributed by atoms with E-state index in [9.17, 15) is 14.7 Å². The molecule has 0 unspecified atom stereocenters. The maximum Gasteiger partial charge on any atom is 0.252 e. The van der Waals surface area contributed by atoms with Crippen molar-refractivity contribution < 1.29 is 14.7 Å². The number of amides is 1. The summed E-state index contributed by atoms with van der Waals surface area (Å²) < 4.78 is 0.820. The second kappa shape index (κ2) is 3.66. The summed E-state index contributed by atoms with van der Waals surface area (Å²) in [7, 11) is 0. The third-order valence-corrected chi connectivity index (χ3v) is 2.80. The number of carboxylic acids is 1. The molecule has 0 aliphatic carbocycles. The van der Waals surface area contributed by atoms with Gasteiger partial charge in [0.1, 0.15) is 0 Å². The first-order valence-electron chi connectivity index (χ1n) is 4.38. The molecule has 5 heteroatoms. The Kier molecular flexibility index (Phi) is 2.48. The van der Waals surface area contributed by atoms with Gasteiger partial charge in [-0.1, -0.05) is 15.9 Å². The Bertz CT molecular complexity index is 442. The zero-order valence-corrected chi connectivity index (χ0v) is 9.21. The van der Waals surface area contributed by atoms with E-state index in [4.69, 9.17) is 0 Å². The Morgan fingerprint density at radius 3 is 2.93 bits per heavy atom. The summed E-state index contributed by atoms with van der Waals surface area (Å²) in [6.07, 6.45) is -0.199. The number of aliphatic carboxylic acids is 1. The zero-order chi connectivity index (χ0) is 11.0. The largest absolute Gasteiger partial charge is 0.550 e. The number of nitrogens with one attached hydrogen (secondary N) is 1. The molecule has 1 atom stereocenters. The van der Waals surface area contributed by atoms with Gasteiger partial charge in [0, 0.05) is 22.4 Å². The number of hydrogen-bond acceptors (Lipinski definition) is 3. The number of carboxylic acid groups (broad SMARTS) is 1. The van der Waals surface area contributed by atoms with Crippen LogP contribution in [0.3, 0.4) is 0 Å². The van der Waals surface area contributed by atoms with E-state index in [1.165, 1.54) is 0 Å². The van der Waals surface area contributed by atoms with E-state index in [2.05, 4.69) is 21.2 Å². The summed E-state index contributed by atoms with van der Waals surface area (Å²) in [5.41, 5.74) is 1.24. The van der Waals surface area contributed by atoms with Crippen LogP contribution in [0.4, 0.5) is 0 Å². The van der Waals surface area contributed by atoms with Gasteiger partial charge in [-0.3, -0.25) is 4.79 Å². The van der Waals surface area contributed by atoms with Crippen LogP contribution in [0.5, 0.6) is 0 Å². The molecule has 1 amide bonds. The maximum atomic E-state index is 11.4. The summed E-state index contributed by atoms with van der Waals surface area (Å²) in [6.45, 7) is 0. The monoisotopic (exact) mass is 268 g/mol. The lowest BCUT2D eigenvalue weighted by molar-refractivity contribution is -0.306. The minimum atomic E-state index is -1.17. The van der Waals surface area contributed by atoms with E-state index in [0.29, 0.717) is 11.1 Å². The highest BCUT2D eigenvalue weighted by molar-refractivity contribution is 9.10. The van der Waals surface area contributed by atoms with Gasteiger partial charge in [-0.05, 0) is 23.8 Å². The first kappa shape index (κ1) is 10.2. The molecule has 0 bridgehead atoms.